The maximum Gasteiger partial charge on any atom is 0.333 e. The fraction of sp³-hybridized carbons (Fsp3) is 0.720. The lowest BCUT2D eigenvalue weighted by Gasteiger charge is -2.62. The van der Waals surface area contributed by atoms with Crippen LogP contribution in [-0.2, 0) is 9.53 Å². The van der Waals surface area contributed by atoms with Crippen LogP contribution in [0.1, 0.15) is 79.1 Å². The summed E-state index contributed by atoms with van der Waals surface area (Å²) >= 11 is 0. The molecule has 5 aliphatic rings. The lowest BCUT2D eigenvalue weighted by Crippen LogP contribution is -2.59. The number of rotatable bonds is 5. The third kappa shape index (κ3) is 3.06. The van der Waals surface area contributed by atoms with E-state index in [1.165, 1.54) is 23.6 Å². The molecule has 0 amide bonds. The van der Waals surface area contributed by atoms with Crippen molar-refractivity contribution < 1.29 is 19.7 Å². The Hall–Kier alpha value is -1.39. The molecule has 1 fully saturated rings. The molecular weight excluding hydrogens is 364 g/mol. The normalized spacial score (nSPS) is 43.9. The molecule has 0 aromatic rings. The van der Waals surface area contributed by atoms with Gasteiger partial charge in [-0.15, -0.1) is 6.58 Å². The lowest BCUT2D eigenvalue weighted by molar-refractivity contribution is -0.156. The second kappa shape index (κ2) is 6.81. The van der Waals surface area contributed by atoms with Crippen LogP contribution >= 0.6 is 0 Å². The first-order valence-corrected chi connectivity index (χ1v) is 11.2. The summed E-state index contributed by atoms with van der Waals surface area (Å²) in [4.78, 5) is 11.8. The Kier molecular flexibility index (Phi) is 4.90. The van der Waals surface area contributed by atoms with Gasteiger partial charge in [-0.1, -0.05) is 37.5 Å². The third-order valence-electron chi connectivity index (χ3n) is 8.72. The van der Waals surface area contributed by atoms with E-state index in [2.05, 4.69) is 34.3 Å². The summed E-state index contributed by atoms with van der Waals surface area (Å²) in [5.74, 6) is -0.0609. The van der Waals surface area contributed by atoms with Crippen molar-refractivity contribution in [1.82, 2.24) is 0 Å². The number of hydrogen-bond donors (Lipinski definition) is 2. The molecule has 0 aromatic carbocycles. The minimum Gasteiger partial charge on any atom is -0.429 e. The van der Waals surface area contributed by atoms with Crippen molar-refractivity contribution in [3.63, 3.8) is 0 Å². The summed E-state index contributed by atoms with van der Waals surface area (Å²) in [6, 6.07) is 0. The topological polar surface area (TPSA) is 66.8 Å². The zero-order chi connectivity index (χ0) is 21.2. The average molecular weight is 401 g/mol. The minimum atomic E-state index is -1.32. The van der Waals surface area contributed by atoms with Gasteiger partial charge in [-0.25, -0.2) is 4.79 Å². The molecule has 4 heteroatoms. The number of hydrogen-bond acceptors (Lipinski definition) is 4. The number of esters is 1. The van der Waals surface area contributed by atoms with E-state index >= 15 is 0 Å². The molecule has 29 heavy (non-hydrogen) atoms. The largest absolute Gasteiger partial charge is 0.429 e. The molecule has 1 aliphatic heterocycles. The zero-order valence-corrected chi connectivity index (χ0v) is 18.4. The maximum absolute atomic E-state index is 12.0. The fourth-order valence-corrected chi connectivity index (χ4v) is 6.99. The number of cyclic esters (lactones) is 1. The Morgan fingerprint density at radius 1 is 1.34 bits per heavy atom. The standard InChI is InChI=1S/C25H36O4/c1-15(2)7-6-11-24(5)16(3)8-9-17-21(24)18-10-12-23(17,4)14-25(18,28)19-13-20(26)29-22(19)27/h13,16,18,22,27-28H,1,6-12,14H2,2-5H3/t16-,18?,22?,23?,24+,25-/m1/s1. The van der Waals surface area contributed by atoms with E-state index in [0.717, 1.165) is 38.5 Å². The van der Waals surface area contributed by atoms with Crippen LogP contribution in [0.2, 0.25) is 0 Å². The van der Waals surface area contributed by atoms with Crippen LogP contribution in [0.15, 0.2) is 34.9 Å². The van der Waals surface area contributed by atoms with Crippen molar-refractivity contribution >= 4 is 5.97 Å². The molecule has 4 nitrogen and oxygen atoms in total. The van der Waals surface area contributed by atoms with Gasteiger partial charge in [-0.3, -0.25) is 0 Å². The van der Waals surface area contributed by atoms with E-state index in [1.807, 2.05) is 0 Å². The number of carbonyl (C=O) groups excluding carboxylic acids is 1. The van der Waals surface area contributed by atoms with E-state index in [-0.39, 0.29) is 16.7 Å². The van der Waals surface area contributed by atoms with E-state index in [4.69, 9.17) is 4.74 Å². The smallest absolute Gasteiger partial charge is 0.333 e. The summed E-state index contributed by atoms with van der Waals surface area (Å²) < 4.78 is 4.97. The molecule has 1 saturated carbocycles. The fourth-order valence-electron chi connectivity index (χ4n) is 6.99. The highest BCUT2D eigenvalue weighted by atomic mass is 16.6. The van der Waals surface area contributed by atoms with E-state index in [1.54, 1.807) is 5.57 Å². The summed E-state index contributed by atoms with van der Waals surface area (Å²) in [6.45, 7) is 13.2. The SMILES string of the molecule is C=C(C)CCC[C@]1(C)C2=C(CC[C@H]1C)C1(C)CCC2[C@@](O)(C2=CC(=O)OC2O)C1. The van der Waals surface area contributed by atoms with Crippen molar-refractivity contribution in [3.8, 4) is 0 Å². The molecule has 160 valence electrons. The second-order valence-corrected chi connectivity index (χ2v) is 10.7. The van der Waals surface area contributed by atoms with Crippen LogP contribution in [-0.4, -0.2) is 28.1 Å². The van der Waals surface area contributed by atoms with E-state index < -0.39 is 17.9 Å². The molecular formula is C25H36O4. The molecule has 3 unspecified atom stereocenters. The van der Waals surface area contributed by atoms with Crippen molar-refractivity contribution in [1.29, 1.82) is 0 Å². The predicted octanol–water partition coefficient (Wildman–Crippen LogP) is 4.82. The molecule has 0 radical (unpaired) electrons. The Morgan fingerprint density at radius 3 is 2.69 bits per heavy atom. The molecule has 5 rings (SSSR count). The van der Waals surface area contributed by atoms with Crippen molar-refractivity contribution in [3.05, 3.63) is 34.9 Å². The van der Waals surface area contributed by atoms with Gasteiger partial charge in [0.1, 0.15) is 0 Å². The molecule has 0 saturated heterocycles. The molecule has 4 aliphatic carbocycles. The Labute approximate surface area is 174 Å². The van der Waals surface area contributed by atoms with Gasteiger partial charge < -0.3 is 14.9 Å². The average Bonchev–Trinajstić information content (AvgIpc) is 2.97. The Bertz CT molecular complexity index is 808. The lowest BCUT2D eigenvalue weighted by atomic mass is 9.43. The maximum atomic E-state index is 12.0. The van der Waals surface area contributed by atoms with Gasteiger partial charge in [0.25, 0.3) is 0 Å². The van der Waals surface area contributed by atoms with Crippen molar-refractivity contribution in [2.75, 3.05) is 0 Å². The number of aliphatic hydroxyl groups excluding tert-OH is 1. The van der Waals surface area contributed by atoms with Crippen LogP contribution in [0.25, 0.3) is 0 Å². The van der Waals surface area contributed by atoms with Gasteiger partial charge in [0.05, 0.1) is 5.60 Å². The number of carbonyl (C=O) groups is 1. The quantitative estimate of drug-likeness (QED) is 0.513. The number of fused-ring (bicyclic) bond motifs is 2. The van der Waals surface area contributed by atoms with Gasteiger partial charge >= 0.3 is 5.97 Å². The first kappa shape index (κ1) is 20.9. The first-order valence-electron chi connectivity index (χ1n) is 11.2. The van der Waals surface area contributed by atoms with E-state index in [0.29, 0.717) is 17.9 Å². The first-order chi connectivity index (χ1) is 13.5. The summed E-state index contributed by atoms with van der Waals surface area (Å²) in [5, 5.41) is 22.3. The van der Waals surface area contributed by atoms with E-state index in [9.17, 15) is 15.0 Å². The highest BCUT2D eigenvalue weighted by Gasteiger charge is 2.62. The van der Waals surface area contributed by atoms with Gasteiger partial charge in [0, 0.05) is 17.6 Å². The van der Waals surface area contributed by atoms with Gasteiger partial charge in [-0.05, 0) is 75.0 Å². The predicted molar refractivity (Wildman–Crippen MR) is 113 cm³/mol. The second-order valence-electron chi connectivity index (χ2n) is 10.7. The summed E-state index contributed by atoms with van der Waals surface area (Å²) in [5.41, 5.74) is 3.30. The minimum absolute atomic E-state index is 0.0266. The van der Waals surface area contributed by atoms with Crippen molar-refractivity contribution in [2.45, 2.75) is 91.0 Å². The molecule has 0 aromatic heterocycles. The summed E-state index contributed by atoms with van der Waals surface area (Å²) in [7, 11) is 0. The highest BCUT2D eigenvalue weighted by molar-refractivity contribution is 5.86. The molecule has 6 atom stereocenters. The van der Waals surface area contributed by atoms with Gasteiger partial charge in [0.15, 0.2) is 0 Å². The summed E-state index contributed by atoms with van der Waals surface area (Å²) in [6.07, 6.45) is 8.04. The van der Waals surface area contributed by atoms with Crippen LogP contribution in [0.4, 0.5) is 0 Å². The molecule has 1 heterocycles. The number of allylic oxidation sites excluding steroid dienone is 2. The van der Waals surface area contributed by atoms with Crippen LogP contribution in [0.3, 0.4) is 0 Å². The van der Waals surface area contributed by atoms with Gasteiger partial charge in [0.2, 0.25) is 6.29 Å². The van der Waals surface area contributed by atoms with Crippen LogP contribution in [0, 0.1) is 22.7 Å². The highest BCUT2D eigenvalue weighted by Crippen LogP contribution is 2.67. The Morgan fingerprint density at radius 2 is 2.07 bits per heavy atom. The van der Waals surface area contributed by atoms with Crippen LogP contribution < -0.4 is 0 Å². The van der Waals surface area contributed by atoms with Crippen LogP contribution in [0.5, 0.6) is 0 Å². The Balaban J connectivity index is 1.79. The number of ether oxygens (including phenoxy) is 1. The van der Waals surface area contributed by atoms with Gasteiger partial charge in [-0.2, -0.15) is 0 Å². The molecule has 2 N–H and O–H groups in total. The van der Waals surface area contributed by atoms with Crippen molar-refractivity contribution in [2.24, 2.45) is 22.7 Å². The third-order valence-corrected chi connectivity index (χ3v) is 8.72. The monoisotopic (exact) mass is 400 g/mol. The molecule has 0 spiro atoms. The number of aliphatic hydroxyl groups is 2. The molecule has 2 bridgehead atoms. The zero-order valence-electron chi connectivity index (χ0n) is 18.4.